The second kappa shape index (κ2) is 9.49. The maximum atomic E-state index is 12.8. The Balaban J connectivity index is 2.17. The van der Waals surface area contributed by atoms with E-state index in [2.05, 4.69) is 9.45 Å². The molecule has 0 saturated heterocycles. The largest absolute Gasteiger partial charge is 0.363 e. The summed E-state index contributed by atoms with van der Waals surface area (Å²) in [6.07, 6.45) is 2.79. The normalized spacial score (nSPS) is 11.1. The zero-order valence-corrected chi connectivity index (χ0v) is 16.6. The Hall–Kier alpha value is -2.96. The van der Waals surface area contributed by atoms with Crippen molar-refractivity contribution in [3.63, 3.8) is 0 Å². The monoisotopic (exact) mass is 394 g/mol. The molecular weight excluding hydrogens is 368 g/mol. The van der Waals surface area contributed by atoms with Gasteiger partial charge < -0.3 is 10.3 Å². The lowest BCUT2D eigenvalue weighted by Crippen LogP contribution is -2.24. The van der Waals surface area contributed by atoms with Gasteiger partial charge in [0.05, 0.1) is 12.2 Å². The topological polar surface area (TPSA) is 94.6 Å². The number of rotatable bonds is 10. The fourth-order valence-electron chi connectivity index (χ4n) is 3.90. The van der Waals surface area contributed by atoms with Crippen LogP contribution in [0.2, 0.25) is 0 Å². The maximum absolute atomic E-state index is 12.8. The molecule has 0 radical (unpaired) electrons. The summed E-state index contributed by atoms with van der Waals surface area (Å²) in [6, 6.07) is 15.9. The summed E-state index contributed by atoms with van der Waals surface area (Å²) in [6.45, 7) is 2.85. The van der Waals surface area contributed by atoms with Crippen molar-refractivity contribution in [2.45, 2.75) is 39.2 Å². The standard InChI is InChI=1S/C23H26N2O4/c1-2-18-21(22(26)23(24)27)20-17(11-6-7-14-29-28)12-8-13-19(20)25(18)15-16-9-4-3-5-10-16/h3-5,8-10,12-13,28H,2,6-7,11,14-15H2,1H3,(H2,24,27). The van der Waals surface area contributed by atoms with E-state index >= 15 is 0 Å². The molecule has 0 bridgehead atoms. The van der Waals surface area contributed by atoms with Crippen molar-refractivity contribution in [1.29, 1.82) is 0 Å². The zero-order chi connectivity index (χ0) is 20.8. The average Bonchev–Trinajstić information content (AvgIpc) is 3.05. The number of benzene rings is 2. The van der Waals surface area contributed by atoms with Crippen LogP contribution in [-0.2, 0) is 29.1 Å². The highest BCUT2D eigenvalue weighted by atomic mass is 17.1. The summed E-state index contributed by atoms with van der Waals surface area (Å²) in [4.78, 5) is 28.7. The number of ketones is 1. The molecule has 0 aliphatic heterocycles. The number of hydrogen-bond acceptors (Lipinski definition) is 4. The van der Waals surface area contributed by atoms with Gasteiger partial charge in [0.2, 0.25) is 0 Å². The first kappa shape index (κ1) is 20.8. The molecule has 0 unspecified atom stereocenters. The summed E-state index contributed by atoms with van der Waals surface area (Å²) < 4.78 is 2.11. The number of primary amides is 1. The van der Waals surface area contributed by atoms with Gasteiger partial charge in [0.1, 0.15) is 0 Å². The van der Waals surface area contributed by atoms with Gasteiger partial charge in [-0.25, -0.2) is 4.89 Å². The number of fused-ring (bicyclic) bond motifs is 1. The van der Waals surface area contributed by atoms with Crippen LogP contribution in [0.4, 0.5) is 0 Å². The third-order valence-corrected chi connectivity index (χ3v) is 5.18. The van der Waals surface area contributed by atoms with Crippen LogP contribution in [0.15, 0.2) is 48.5 Å². The molecule has 0 saturated carbocycles. The van der Waals surface area contributed by atoms with Crippen molar-refractivity contribution < 1.29 is 19.7 Å². The fourth-order valence-corrected chi connectivity index (χ4v) is 3.90. The van der Waals surface area contributed by atoms with Crippen LogP contribution < -0.4 is 5.73 Å². The molecule has 1 heterocycles. The minimum Gasteiger partial charge on any atom is -0.363 e. The van der Waals surface area contributed by atoms with Crippen LogP contribution in [0, 0.1) is 0 Å². The SMILES string of the molecule is CCc1c(C(=O)C(N)=O)c2c(CCCCOO)cccc2n1Cc1ccccc1. The first-order chi connectivity index (χ1) is 14.1. The van der Waals surface area contributed by atoms with Crippen molar-refractivity contribution in [3.8, 4) is 0 Å². The number of hydrogen-bond donors (Lipinski definition) is 2. The van der Waals surface area contributed by atoms with Gasteiger partial charge in [0, 0.05) is 23.1 Å². The highest BCUT2D eigenvalue weighted by molar-refractivity contribution is 6.45. The molecule has 2 aromatic carbocycles. The summed E-state index contributed by atoms with van der Waals surface area (Å²) in [5.41, 5.74) is 9.66. The number of carbonyl (C=O) groups excluding carboxylic acids is 2. The van der Waals surface area contributed by atoms with E-state index < -0.39 is 11.7 Å². The van der Waals surface area contributed by atoms with Gasteiger partial charge in [0.15, 0.2) is 0 Å². The molecule has 1 amide bonds. The number of nitrogens with two attached hydrogens (primary N) is 1. The molecule has 0 fully saturated rings. The molecule has 29 heavy (non-hydrogen) atoms. The lowest BCUT2D eigenvalue weighted by Gasteiger charge is -2.11. The molecule has 3 N–H and O–H groups in total. The predicted molar refractivity (Wildman–Crippen MR) is 112 cm³/mol. The minimum absolute atomic E-state index is 0.262. The summed E-state index contributed by atoms with van der Waals surface area (Å²) in [5, 5.41) is 9.33. The van der Waals surface area contributed by atoms with E-state index in [1.54, 1.807) is 0 Å². The summed E-state index contributed by atoms with van der Waals surface area (Å²) in [7, 11) is 0. The van der Waals surface area contributed by atoms with Crippen LogP contribution in [-0.4, -0.2) is 28.1 Å². The van der Waals surface area contributed by atoms with Crippen molar-refractivity contribution in [2.24, 2.45) is 5.73 Å². The number of carbonyl (C=O) groups is 2. The van der Waals surface area contributed by atoms with Gasteiger partial charge in [-0.3, -0.25) is 14.8 Å². The second-order valence-corrected chi connectivity index (χ2v) is 7.04. The maximum Gasteiger partial charge on any atom is 0.289 e. The van der Waals surface area contributed by atoms with Gasteiger partial charge in [0.25, 0.3) is 11.7 Å². The Bertz CT molecular complexity index is 1010. The van der Waals surface area contributed by atoms with Crippen molar-refractivity contribution in [1.82, 2.24) is 4.57 Å². The molecule has 3 aromatic rings. The molecular formula is C23H26N2O4. The Kier molecular flexibility index (Phi) is 6.80. The van der Waals surface area contributed by atoms with Crippen LogP contribution in [0.1, 0.15) is 46.9 Å². The van der Waals surface area contributed by atoms with Crippen molar-refractivity contribution in [3.05, 3.63) is 70.9 Å². The second-order valence-electron chi connectivity index (χ2n) is 7.04. The molecule has 1 aromatic heterocycles. The quantitative estimate of drug-likeness (QED) is 0.180. The van der Waals surface area contributed by atoms with E-state index in [-0.39, 0.29) is 6.61 Å². The minimum atomic E-state index is -0.943. The van der Waals surface area contributed by atoms with Gasteiger partial charge in [-0.15, -0.1) is 0 Å². The van der Waals surface area contributed by atoms with E-state index in [0.29, 0.717) is 31.4 Å². The van der Waals surface area contributed by atoms with Gasteiger partial charge in [-0.2, -0.15) is 0 Å². The number of nitrogens with zero attached hydrogens (tertiary/aromatic N) is 1. The average molecular weight is 394 g/mol. The van der Waals surface area contributed by atoms with Crippen LogP contribution in [0.3, 0.4) is 0 Å². The van der Waals surface area contributed by atoms with E-state index in [9.17, 15) is 9.59 Å². The Labute approximate surface area is 169 Å². The molecule has 152 valence electrons. The fraction of sp³-hybridized carbons (Fsp3) is 0.304. The van der Waals surface area contributed by atoms with E-state index in [1.165, 1.54) is 0 Å². The summed E-state index contributed by atoms with van der Waals surface area (Å²) in [5.74, 6) is -1.59. The zero-order valence-electron chi connectivity index (χ0n) is 16.6. The van der Waals surface area contributed by atoms with E-state index in [1.807, 2.05) is 55.5 Å². The van der Waals surface area contributed by atoms with E-state index in [4.69, 9.17) is 11.0 Å². The van der Waals surface area contributed by atoms with E-state index in [0.717, 1.165) is 34.1 Å². The molecule has 0 aliphatic rings. The van der Waals surface area contributed by atoms with Gasteiger partial charge >= 0.3 is 0 Å². The Morgan fingerprint density at radius 3 is 2.48 bits per heavy atom. The first-order valence-electron chi connectivity index (χ1n) is 9.85. The summed E-state index contributed by atoms with van der Waals surface area (Å²) >= 11 is 0. The third kappa shape index (κ3) is 4.39. The smallest absolute Gasteiger partial charge is 0.289 e. The number of aryl methyl sites for hydroxylation is 1. The molecule has 0 aliphatic carbocycles. The predicted octanol–water partition coefficient (Wildman–Crippen LogP) is 3.73. The van der Waals surface area contributed by atoms with Crippen LogP contribution >= 0.6 is 0 Å². The number of aromatic nitrogens is 1. The third-order valence-electron chi connectivity index (χ3n) is 5.18. The lowest BCUT2D eigenvalue weighted by atomic mass is 9.97. The van der Waals surface area contributed by atoms with Crippen molar-refractivity contribution >= 4 is 22.6 Å². The number of amides is 1. The highest BCUT2D eigenvalue weighted by Gasteiger charge is 2.26. The molecule has 0 spiro atoms. The lowest BCUT2D eigenvalue weighted by molar-refractivity contribution is -0.242. The molecule has 6 nitrogen and oxygen atoms in total. The van der Waals surface area contributed by atoms with Crippen LogP contribution in [0.5, 0.6) is 0 Å². The molecule has 3 rings (SSSR count). The molecule has 6 heteroatoms. The number of Topliss-reactive ketones (excluding diaryl/α,β-unsaturated/α-hetero) is 1. The number of unbranched alkanes of at least 4 members (excludes halogenated alkanes) is 1. The Morgan fingerprint density at radius 1 is 1.07 bits per heavy atom. The van der Waals surface area contributed by atoms with Gasteiger partial charge in [-0.1, -0.05) is 49.4 Å². The van der Waals surface area contributed by atoms with Crippen molar-refractivity contribution in [2.75, 3.05) is 6.61 Å². The highest BCUT2D eigenvalue weighted by Crippen LogP contribution is 2.32. The first-order valence-corrected chi connectivity index (χ1v) is 9.85. The van der Waals surface area contributed by atoms with Crippen LogP contribution in [0.25, 0.3) is 10.9 Å². The van der Waals surface area contributed by atoms with Gasteiger partial charge in [-0.05, 0) is 42.9 Å². The Morgan fingerprint density at radius 2 is 1.83 bits per heavy atom. The molecule has 0 atom stereocenters.